The zero-order valence-electron chi connectivity index (χ0n) is 9.01. The summed E-state index contributed by atoms with van der Waals surface area (Å²) < 4.78 is 13.2. The molecule has 1 fully saturated rings. The number of nitrogens with one attached hydrogen (secondary N) is 1. The monoisotopic (exact) mass is 217 g/mol. The summed E-state index contributed by atoms with van der Waals surface area (Å²) in [6, 6.07) is 4.37. The molecule has 1 N–H and O–H groups in total. The van der Waals surface area contributed by atoms with Gasteiger partial charge in [0.25, 0.3) is 0 Å². The van der Waals surface area contributed by atoms with Crippen molar-refractivity contribution in [1.29, 1.82) is 0 Å². The van der Waals surface area contributed by atoms with Gasteiger partial charge in [-0.25, -0.2) is 4.39 Å². The van der Waals surface area contributed by atoms with E-state index in [4.69, 9.17) is 0 Å². The number of H-pyrrole nitrogens is 1. The highest BCUT2D eigenvalue weighted by Crippen LogP contribution is 2.38. The van der Waals surface area contributed by atoms with Crippen LogP contribution in [0.2, 0.25) is 0 Å². The van der Waals surface area contributed by atoms with E-state index in [0.717, 1.165) is 29.6 Å². The van der Waals surface area contributed by atoms with Gasteiger partial charge in [0.15, 0.2) is 5.43 Å². The number of hydrogen-bond acceptors (Lipinski definition) is 1. The Morgan fingerprint density at radius 3 is 2.75 bits per heavy atom. The average Bonchev–Trinajstić information content (AvgIpc) is 3.02. The number of benzene rings is 1. The van der Waals surface area contributed by atoms with Gasteiger partial charge in [0, 0.05) is 17.1 Å². The lowest BCUT2D eigenvalue weighted by Crippen LogP contribution is -2.06. The molecule has 2 nitrogen and oxygen atoms in total. The summed E-state index contributed by atoms with van der Waals surface area (Å²) in [7, 11) is 0. The lowest BCUT2D eigenvalue weighted by atomic mass is 10.1. The zero-order valence-corrected chi connectivity index (χ0v) is 9.01. The highest BCUT2D eigenvalue weighted by Gasteiger charge is 2.25. The molecule has 1 saturated carbocycles. The van der Waals surface area contributed by atoms with Crippen LogP contribution in [0.4, 0.5) is 4.39 Å². The van der Waals surface area contributed by atoms with Crippen LogP contribution in [0.5, 0.6) is 0 Å². The molecule has 0 unspecified atom stereocenters. The largest absolute Gasteiger partial charge is 0.358 e. The van der Waals surface area contributed by atoms with Crippen molar-refractivity contribution in [3.63, 3.8) is 0 Å². The van der Waals surface area contributed by atoms with Gasteiger partial charge in [-0.05, 0) is 43.4 Å². The molecule has 0 aliphatic heterocycles. The van der Waals surface area contributed by atoms with Crippen molar-refractivity contribution >= 4 is 10.9 Å². The van der Waals surface area contributed by atoms with E-state index in [1.807, 2.05) is 6.92 Å². The van der Waals surface area contributed by atoms with Gasteiger partial charge in [-0.1, -0.05) is 0 Å². The van der Waals surface area contributed by atoms with Crippen molar-refractivity contribution in [2.75, 3.05) is 0 Å². The fourth-order valence-electron chi connectivity index (χ4n) is 2.12. The van der Waals surface area contributed by atoms with Crippen molar-refractivity contribution in [1.82, 2.24) is 4.98 Å². The maximum absolute atomic E-state index is 13.2. The molecule has 0 bridgehead atoms. The summed E-state index contributed by atoms with van der Waals surface area (Å²) in [5, 5.41) is 0.446. The minimum absolute atomic E-state index is 0.0850. The number of fused-ring (bicyclic) bond motifs is 1. The van der Waals surface area contributed by atoms with Gasteiger partial charge in [-0.15, -0.1) is 0 Å². The third-order valence-corrected chi connectivity index (χ3v) is 3.14. The molecule has 16 heavy (non-hydrogen) atoms. The van der Waals surface area contributed by atoms with Crippen molar-refractivity contribution in [3.8, 4) is 0 Å². The number of aromatic amines is 1. The third-order valence-electron chi connectivity index (χ3n) is 3.14. The molecule has 1 aromatic carbocycles. The highest BCUT2D eigenvalue weighted by atomic mass is 19.1. The van der Waals surface area contributed by atoms with Crippen LogP contribution >= 0.6 is 0 Å². The number of aromatic nitrogens is 1. The average molecular weight is 217 g/mol. The highest BCUT2D eigenvalue weighted by molar-refractivity contribution is 5.81. The summed E-state index contributed by atoms with van der Waals surface area (Å²) in [5.74, 6) is 0.149. The molecular weight excluding hydrogens is 205 g/mol. The Morgan fingerprint density at radius 1 is 1.31 bits per heavy atom. The van der Waals surface area contributed by atoms with Crippen LogP contribution in [-0.4, -0.2) is 4.98 Å². The standard InChI is InChI=1S/C13H12FNO/c1-7-4-9(14)5-10-12(16)6-11(8-2-3-8)15-13(7)10/h4-6,8H,2-3H2,1H3,(H,15,16). The molecule has 0 saturated heterocycles. The summed E-state index contributed by atoms with van der Waals surface area (Å²) in [5.41, 5.74) is 2.47. The van der Waals surface area contributed by atoms with Gasteiger partial charge < -0.3 is 4.98 Å². The molecule has 2 aromatic rings. The first-order valence-electron chi connectivity index (χ1n) is 5.48. The second-order valence-electron chi connectivity index (χ2n) is 4.51. The van der Waals surface area contributed by atoms with Crippen LogP contribution in [0.3, 0.4) is 0 Å². The molecule has 3 heteroatoms. The summed E-state index contributed by atoms with van der Waals surface area (Å²) in [4.78, 5) is 15.1. The minimum Gasteiger partial charge on any atom is -0.358 e. The Kier molecular flexibility index (Phi) is 1.90. The quantitative estimate of drug-likeness (QED) is 0.782. The number of halogens is 1. The Morgan fingerprint density at radius 2 is 2.06 bits per heavy atom. The first-order chi connectivity index (χ1) is 7.65. The van der Waals surface area contributed by atoms with E-state index >= 15 is 0 Å². The molecule has 1 heterocycles. The fourth-order valence-corrected chi connectivity index (χ4v) is 2.12. The second-order valence-corrected chi connectivity index (χ2v) is 4.51. The molecule has 0 atom stereocenters. The van der Waals surface area contributed by atoms with Crippen LogP contribution in [0.1, 0.15) is 30.0 Å². The van der Waals surface area contributed by atoms with E-state index < -0.39 is 0 Å². The molecule has 3 rings (SSSR count). The van der Waals surface area contributed by atoms with Crippen LogP contribution in [0.25, 0.3) is 10.9 Å². The predicted molar refractivity (Wildman–Crippen MR) is 61.2 cm³/mol. The van der Waals surface area contributed by atoms with Gasteiger partial charge in [-0.3, -0.25) is 4.79 Å². The third kappa shape index (κ3) is 1.43. The van der Waals surface area contributed by atoms with E-state index in [1.165, 1.54) is 12.1 Å². The zero-order chi connectivity index (χ0) is 11.3. The molecule has 82 valence electrons. The van der Waals surface area contributed by atoms with Crippen molar-refractivity contribution in [3.05, 3.63) is 45.5 Å². The number of aryl methyl sites for hydroxylation is 1. The van der Waals surface area contributed by atoms with E-state index in [2.05, 4.69) is 4.98 Å². The lowest BCUT2D eigenvalue weighted by molar-refractivity contribution is 0.628. The van der Waals surface area contributed by atoms with Crippen molar-refractivity contribution in [2.45, 2.75) is 25.7 Å². The number of pyridine rings is 1. The molecule has 1 aliphatic carbocycles. The minimum atomic E-state index is -0.352. The predicted octanol–water partition coefficient (Wildman–Crippen LogP) is 2.85. The SMILES string of the molecule is Cc1cc(F)cc2c(=O)cc(C3CC3)[nH]c12. The van der Waals surface area contributed by atoms with E-state index in [0.29, 0.717) is 11.3 Å². The number of hydrogen-bond donors (Lipinski definition) is 1. The maximum Gasteiger partial charge on any atom is 0.189 e. The Bertz CT molecular complexity index is 626. The van der Waals surface area contributed by atoms with Gasteiger partial charge in [0.2, 0.25) is 0 Å². The Labute approximate surface area is 92.1 Å². The molecule has 0 radical (unpaired) electrons. The van der Waals surface area contributed by atoms with Gasteiger partial charge in [0.1, 0.15) is 5.82 Å². The maximum atomic E-state index is 13.2. The summed E-state index contributed by atoms with van der Waals surface area (Å²) in [6.07, 6.45) is 2.28. The smallest absolute Gasteiger partial charge is 0.189 e. The van der Waals surface area contributed by atoms with Crippen molar-refractivity contribution < 1.29 is 4.39 Å². The molecule has 0 spiro atoms. The van der Waals surface area contributed by atoms with Crippen LogP contribution in [-0.2, 0) is 0 Å². The van der Waals surface area contributed by atoms with E-state index in [-0.39, 0.29) is 11.2 Å². The molecule has 1 aliphatic rings. The van der Waals surface area contributed by atoms with Crippen LogP contribution in [0, 0.1) is 12.7 Å². The van der Waals surface area contributed by atoms with Gasteiger partial charge in [-0.2, -0.15) is 0 Å². The second kappa shape index (κ2) is 3.17. The fraction of sp³-hybridized carbons (Fsp3) is 0.308. The Balaban J connectivity index is 2.37. The van der Waals surface area contributed by atoms with Crippen molar-refractivity contribution in [2.24, 2.45) is 0 Å². The first kappa shape index (κ1) is 9.58. The van der Waals surface area contributed by atoms with E-state index in [1.54, 1.807) is 6.07 Å². The van der Waals surface area contributed by atoms with Crippen LogP contribution in [0.15, 0.2) is 23.0 Å². The Hall–Kier alpha value is -1.64. The first-order valence-corrected chi connectivity index (χ1v) is 5.48. The lowest BCUT2D eigenvalue weighted by Gasteiger charge is -2.05. The molecule has 1 aromatic heterocycles. The normalized spacial score (nSPS) is 15.6. The van der Waals surface area contributed by atoms with Crippen LogP contribution < -0.4 is 5.43 Å². The van der Waals surface area contributed by atoms with Gasteiger partial charge >= 0.3 is 0 Å². The summed E-state index contributed by atoms with van der Waals surface area (Å²) in [6.45, 7) is 1.82. The van der Waals surface area contributed by atoms with Gasteiger partial charge in [0.05, 0.1) is 5.52 Å². The molecule has 0 amide bonds. The number of rotatable bonds is 1. The van der Waals surface area contributed by atoms with E-state index in [9.17, 15) is 9.18 Å². The molecular formula is C13H12FNO. The topological polar surface area (TPSA) is 32.9 Å². The summed E-state index contributed by atoms with van der Waals surface area (Å²) >= 11 is 0.